The largest absolute Gasteiger partial charge is 0.483 e. The molecule has 7 heteroatoms. The minimum atomic E-state index is -0.257. The normalized spacial score (nSPS) is 11.9. The Bertz CT molecular complexity index is 1010. The summed E-state index contributed by atoms with van der Waals surface area (Å²) < 4.78 is 7.88. The lowest BCUT2D eigenvalue weighted by atomic mass is 10.0. The van der Waals surface area contributed by atoms with Gasteiger partial charge < -0.3 is 14.6 Å². The van der Waals surface area contributed by atoms with Gasteiger partial charge in [-0.2, -0.15) is 0 Å². The Hall–Kier alpha value is -2.80. The fourth-order valence-corrected chi connectivity index (χ4v) is 4.11. The Balaban J connectivity index is 1.62. The van der Waals surface area contributed by atoms with E-state index in [1.54, 1.807) is 0 Å². The number of hydrogen-bond donors (Lipinski definition) is 1. The van der Waals surface area contributed by atoms with Gasteiger partial charge in [-0.15, -0.1) is 10.2 Å². The van der Waals surface area contributed by atoms with E-state index in [4.69, 9.17) is 4.74 Å². The molecule has 1 heterocycles. The number of nitrogens with zero attached hydrogens (tertiary/aromatic N) is 3. The summed E-state index contributed by atoms with van der Waals surface area (Å²) >= 11 is 1.37. The third-order valence-corrected chi connectivity index (χ3v) is 6.18. The first-order valence-corrected chi connectivity index (χ1v) is 11.6. The average Bonchev–Trinajstić information content (AvgIpc) is 3.14. The highest BCUT2D eigenvalue weighted by Crippen LogP contribution is 2.25. The van der Waals surface area contributed by atoms with Crippen molar-refractivity contribution in [2.45, 2.75) is 51.8 Å². The molecule has 164 valence electrons. The molecule has 1 amide bonds. The molecule has 0 aliphatic carbocycles. The first-order valence-electron chi connectivity index (χ1n) is 10.6. The lowest BCUT2D eigenvalue weighted by molar-refractivity contribution is -0.113. The zero-order chi connectivity index (χ0) is 22.4. The molecule has 2 aromatic carbocycles. The summed E-state index contributed by atoms with van der Waals surface area (Å²) in [6.45, 7) is 8.18. The molecule has 0 fully saturated rings. The molecule has 0 bridgehead atoms. The van der Waals surface area contributed by atoms with Crippen molar-refractivity contribution in [3.05, 3.63) is 65.0 Å². The first-order chi connectivity index (χ1) is 14.9. The monoisotopic (exact) mass is 438 g/mol. The summed E-state index contributed by atoms with van der Waals surface area (Å²) in [5.74, 6) is 1.72. The Kier molecular flexibility index (Phi) is 7.74. The fraction of sp³-hybridized carbons (Fsp3) is 0.375. The van der Waals surface area contributed by atoms with Crippen LogP contribution in [0.15, 0.2) is 47.6 Å². The average molecular weight is 439 g/mol. The number of rotatable bonds is 9. The van der Waals surface area contributed by atoms with Crippen LogP contribution in [0.25, 0.3) is 0 Å². The SMILES string of the molecule is CCc1cccc(CC)c1NC(=O)CSc1nnc(C(C)Oc2ccc(C)cc2)n1C. The van der Waals surface area contributed by atoms with Gasteiger partial charge in [-0.1, -0.05) is 61.5 Å². The molecule has 0 radical (unpaired) electrons. The quantitative estimate of drug-likeness (QED) is 0.470. The van der Waals surface area contributed by atoms with Gasteiger partial charge in [0.25, 0.3) is 0 Å². The summed E-state index contributed by atoms with van der Waals surface area (Å²) in [6.07, 6.45) is 1.50. The van der Waals surface area contributed by atoms with E-state index >= 15 is 0 Å². The van der Waals surface area contributed by atoms with Gasteiger partial charge in [0.2, 0.25) is 5.91 Å². The summed E-state index contributed by atoms with van der Waals surface area (Å²) in [7, 11) is 1.89. The summed E-state index contributed by atoms with van der Waals surface area (Å²) in [6, 6.07) is 14.1. The summed E-state index contributed by atoms with van der Waals surface area (Å²) in [5.41, 5.74) is 4.43. The van der Waals surface area contributed by atoms with Gasteiger partial charge in [0.15, 0.2) is 17.1 Å². The van der Waals surface area contributed by atoms with E-state index in [1.165, 1.54) is 17.3 Å². The highest BCUT2D eigenvalue weighted by molar-refractivity contribution is 7.99. The zero-order valence-corrected chi connectivity index (χ0v) is 19.6. The Labute approximate surface area is 188 Å². The molecule has 0 spiro atoms. The predicted molar refractivity (Wildman–Crippen MR) is 126 cm³/mol. The van der Waals surface area contributed by atoms with Gasteiger partial charge in [0.1, 0.15) is 5.75 Å². The van der Waals surface area contributed by atoms with Crippen LogP contribution in [0.5, 0.6) is 5.75 Å². The maximum atomic E-state index is 12.6. The number of aromatic nitrogens is 3. The van der Waals surface area contributed by atoms with Crippen LogP contribution in [-0.2, 0) is 24.7 Å². The van der Waals surface area contributed by atoms with E-state index in [9.17, 15) is 4.79 Å². The molecule has 0 saturated carbocycles. The lowest BCUT2D eigenvalue weighted by Gasteiger charge is -2.15. The van der Waals surface area contributed by atoms with Crippen LogP contribution in [0.2, 0.25) is 0 Å². The molecule has 1 N–H and O–H groups in total. The molecule has 31 heavy (non-hydrogen) atoms. The van der Waals surface area contributed by atoms with E-state index in [-0.39, 0.29) is 17.8 Å². The smallest absolute Gasteiger partial charge is 0.234 e. The van der Waals surface area contributed by atoms with Crippen molar-refractivity contribution in [1.82, 2.24) is 14.8 Å². The molecule has 1 aromatic heterocycles. The number of anilines is 1. The molecule has 1 unspecified atom stereocenters. The maximum absolute atomic E-state index is 12.6. The molecular weight excluding hydrogens is 408 g/mol. The molecule has 0 saturated heterocycles. The number of ether oxygens (including phenoxy) is 1. The van der Waals surface area contributed by atoms with Gasteiger partial charge in [-0.05, 0) is 49.9 Å². The summed E-state index contributed by atoms with van der Waals surface area (Å²) in [5, 5.41) is 12.3. The van der Waals surface area contributed by atoms with E-state index in [1.807, 2.05) is 55.8 Å². The van der Waals surface area contributed by atoms with Gasteiger partial charge >= 0.3 is 0 Å². The van der Waals surface area contributed by atoms with Crippen molar-refractivity contribution in [1.29, 1.82) is 0 Å². The van der Waals surface area contributed by atoms with Crippen molar-refractivity contribution in [3.63, 3.8) is 0 Å². The molecule has 1 atom stereocenters. The topological polar surface area (TPSA) is 69.0 Å². The third kappa shape index (κ3) is 5.67. The van der Waals surface area contributed by atoms with Crippen molar-refractivity contribution in [2.24, 2.45) is 7.05 Å². The Morgan fingerprint density at radius 3 is 2.35 bits per heavy atom. The van der Waals surface area contributed by atoms with Crippen LogP contribution in [0.1, 0.15) is 49.4 Å². The van der Waals surface area contributed by atoms with E-state index in [2.05, 4.69) is 41.5 Å². The number of carbonyl (C=O) groups excluding carboxylic acids is 1. The number of nitrogens with one attached hydrogen (secondary N) is 1. The zero-order valence-electron chi connectivity index (χ0n) is 18.8. The van der Waals surface area contributed by atoms with Crippen LogP contribution in [0, 0.1) is 6.92 Å². The second kappa shape index (κ2) is 10.5. The second-order valence-electron chi connectivity index (χ2n) is 7.47. The molecular formula is C24H30N4O2S. The first kappa shape index (κ1) is 22.9. The van der Waals surface area contributed by atoms with Crippen LogP contribution in [0.4, 0.5) is 5.69 Å². The number of carbonyl (C=O) groups is 1. The highest BCUT2D eigenvalue weighted by Gasteiger charge is 2.18. The van der Waals surface area contributed by atoms with Gasteiger partial charge in [0.05, 0.1) is 5.75 Å². The number of benzene rings is 2. The molecule has 3 aromatic rings. The fourth-order valence-electron chi connectivity index (χ4n) is 3.39. The molecule has 6 nitrogen and oxygen atoms in total. The van der Waals surface area contributed by atoms with Gasteiger partial charge in [0, 0.05) is 12.7 Å². The van der Waals surface area contributed by atoms with Crippen molar-refractivity contribution < 1.29 is 9.53 Å². The Morgan fingerprint density at radius 2 is 1.74 bits per heavy atom. The summed E-state index contributed by atoms with van der Waals surface area (Å²) in [4.78, 5) is 12.6. The van der Waals surface area contributed by atoms with Gasteiger partial charge in [-0.3, -0.25) is 4.79 Å². The molecule has 0 aliphatic rings. The van der Waals surface area contributed by atoms with Gasteiger partial charge in [-0.25, -0.2) is 0 Å². The minimum absolute atomic E-state index is 0.0471. The van der Waals surface area contributed by atoms with Crippen LogP contribution in [-0.4, -0.2) is 26.4 Å². The van der Waals surface area contributed by atoms with Crippen molar-refractivity contribution >= 4 is 23.4 Å². The number of para-hydroxylation sites is 1. The molecule has 0 aliphatic heterocycles. The van der Waals surface area contributed by atoms with E-state index < -0.39 is 0 Å². The second-order valence-corrected chi connectivity index (χ2v) is 8.41. The van der Waals surface area contributed by atoms with Crippen LogP contribution < -0.4 is 10.1 Å². The third-order valence-electron chi connectivity index (χ3n) is 5.16. The van der Waals surface area contributed by atoms with E-state index in [0.29, 0.717) is 11.0 Å². The number of aryl methyl sites for hydroxylation is 3. The van der Waals surface area contributed by atoms with Crippen molar-refractivity contribution in [3.8, 4) is 5.75 Å². The predicted octanol–water partition coefficient (Wildman–Crippen LogP) is 5.12. The number of amides is 1. The highest BCUT2D eigenvalue weighted by atomic mass is 32.2. The number of thioether (sulfide) groups is 1. The number of hydrogen-bond acceptors (Lipinski definition) is 5. The van der Waals surface area contributed by atoms with Crippen LogP contribution >= 0.6 is 11.8 Å². The van der Waals surface area contributed by atoms with Crippen LogP contribution in [0.3, 0.4) is 0 Å². The standard InChI is InChI=1S/C24H30N4O2S/c1-6-18-9-8-10-19(7-2)22(18)25-21(29)15-31-24-27-26-23(28(24)5)17(4)30-20-13-11-16(3)12-14-20/h8-14,17H,6-7,15H2,1-5H3,(H,25,29). The maximum Gasteiger partial charge on any atom is 0.234 e. The Morgan fingerprint density at radius 1 is 1.10 bits per heavy atom. The molecule has 3 rings (SSSR count). The minimum Gasteiger partial charge on any atom is -0.483 e. The lowest BCUT2D eigenvalue weighted by Crippen LogP contribution is -2.17. The van der Waals surface area contributed by atoms with Crippen molar-refractivity contribution in [2.75, 3.05) is 11.1 Å². The van der Waals surface area contributed by atoms with E-state index in [0.717, 1.165) is 35.4 Å².